The Kier molecular flexibility index (Phi) is 3.73. The SMILES string of the molecule is Cc1noc([C@@H](C)S(=O)(=O)Cc2cc(Cl)c3c(c2)OCO3)n1. The van der Waals surface area contributed by atoms with Gasteiger partial charge in [0.25, 0.3) is 0 Å². The van der Waals surface area contributed by atoms with Crippen molar-refractivity contribution >= 4 is 21.4 Å². The summed E-state index contributed by atoms with van der Waals surface area (Å²) in [6, 6.07) is 3.16. The molecule has 1 aliphatic heterocycles. The molecule has 0 N–H and O–H groups in total. The van der Waals surface area contributed by atoms with Gasteiger partial charge in [-0.15, -0.1) is 0 Å². The van der Waals surface area contributed by atoms with Crippen molar-refractivity contribution in [3.63, 3.8) is 0 Å². The predicted octanol–water partition coefficient (Wildman–Crippen LogP) is 2.44. The first kappa shape index (κ1) is 15.1. The predicted molar refractivity (Wildman–Crippen MR) is 77.6 cm³/mol. The van der Waals surface area contributed by atoms with E-state index in [1.54, 1.807) is 19.1 Å². The Morgan fingerprint density at radius 1 is 1.36 bits per heavy atom. The highest BCUT2D eigenvalue weighted by Gasteiger charge is 2.29. The van der Waals surface area contributed by atoms with Gasteiger partial charge in [-0.2, -0.15) is 4.98 Å². The van der Waals surface area contributed by atoms with Crippen molar-refractivity contribution < 1.29 is 22.4 Å². The van der Waals surface area contributed by atoms with Crippen LogP contribution in [0.4, 0.5) is 0 Å². The number of hydrogen-bond acceptors (Lipinski definition) is 7. The lowest BCUT2D eigenvalue weighted by atomic mass is 10.2. The molecule has 1 atom stereocenters. The second kappa shape index (κ2) is 5.44. The van der Waals surface area contributed by atoms with Crippen LogP contribution in [-0.2, 0) is 15.6 Å². The van der Waals surface area contributed by atoms with Crippen LogP contribution >= 0.6 is 11.6 Å². The number of aryl methyl sites for hydroxylation is 1. The summed E-state index contributed by atoms with van der Waals surface area (Å²) in [5.41, 5.74) is 0.511. The summed E-state index contributed by atoms with van der Waals surface area (Å²) in [6.45, 7) is 3.21. The molecule has 0 unspecified atom stereocenters. The number of hydrogen-bond donors (Lipinski definition) is 0. The molecule has 1 aromatic carbocycles. The first-order valence-electron chi connectivity index (χ1n) is 6.46. The lowest BCUT2D eigenvalue weighted by Gasteiger charge is -2.10. The highest BCUT2D eigenvalue weighted by Crippen LogP contribution is 2.40. The highest BCUT2D eigenvalue weighted by molar-refractivity contribution is 7.90. The Labute approximate surface area is 132 Å². The van der Waals surface area contributed by atoms with Gasteiger partial charge in [-0.1, -0.05) is 16.8 Å². The number of rotatable bonds is 4. The molecule has 1 aliphatic rings. The number of halogens is 1. The van der Waals surface area contributed by atoms with Crippen LogP contribution in [0.25, 0.3) is 0 Å². The largest absolute Gasteiger partial charge is 0.454 e. The Morgan fingerprint density at radius 2 is 2.14 bits per heavy atom. The summed E-state index contributed by atoms with van der Waals surface area (Å²) in [4.78, 5) is 3.97. The molecule has 0 amide bonds. The van der Waals surface area contributed by atoms with Crippen molar-refractivity contribution in [3.05, 3.63) is 34.4 Å². The normalized spacial score (nSPS) is 15.0. The van der Waals surface area contributed by atoms with E-state index >= 15 is 0 Å². The van der Waals surface area contributed by atoms with Crippen LogP contribution in [-0.4, -0.2) is 25.4 Å². The van der Waals surface area contributed by atoms with Gasteiger partial charge in [-0.3, -0.25) is 0 Å². The molecule has 0 spiro atoms. The van der Waals surface area contributed by atoms with E-state index in [1.807, 2.05) is 0 Å². The maximum Gasteiger partial charge on any atom is 0.244 e. The van der Waals surface area contributed by atoms with E-state index in [0.29, 0.717) is 27.9 Å². The average molecular weight is 345 g/mol. The van der Waals surface area contributed by atoms with E-state index < -0.39 is 15.1 Å². The molecule has 9 heteroatoms. The van der Waals surface area contributed by atoms with E-state index in [9.17, 15) is 8.42 Å². The minimum atomic E-state index is -3.54. The molecule has 0 saturated heterocycles. The lowest BCUT2D eigenvalue weighted by Crippen LogP contribution is -2.13. The molecular formula is C13H13ClN2O5S. The van der Waals surface area contributed by atoms with Crippen molar-refractivity contribution in [3.8, 4) is 11.5 Å². The third-order valence-corrected chi connectivity index (χ3v) is 5.58. The summed E-state index contributed by atoms with van der Waals surface area (Å²) in [7, 11) is -3.54. The molecule has 0 fully saturated rings. The zero-order valence-corrected chi connectivity index (χ0v) is 13.4. The molecule has 2 aromatic rings. The van der Waals surface area contributed by atoms with Gasteiger partial charge in [0.05, 0.1) is 10.8 Å². The van der Waals surface area contributed by atoms with E-state index in [2.05, 4.69) is 10.1 Å². The number of sulfone groups is 1. The number of benzene rings is 1. The summed E-state index contributed by atoms with van der Waals surface area (Å²) in [5, 5.41) is 3.03. The van der Waals surface area contributed by atoms with Crippen molar-refractivity contribution in [2.45, 2.75) is 24.9 Å². The van der Waals surface area contributed by atoms with Crippen LogP contribution in [0.3, 0.4) is 0 Å². The van der Waals surface area contributed by atoms with Crippen molar-refractivity contribution in [1.82, 2.24) is 10.1 Å². The van der Waals surface area contributed by atoms with Gasteiger partial charge in [0.1, 0.15) is 5.25 Å². The molecule has 0 bridgehead atoms. The Balaban J connectivity index is 1.87. The molecule has 118 valence electrons. The minimum absolute atomic E-state index is 0.0723. The van der Waals surface area contributed by atoms with Gasteiger partial charge in [0, 0.05) is 0 Å². The van der Waals surface area contributed by atoms with Crippen LogP contribution in [0.5, 0.6) is 11.5 Å². The van der Waals surface area contributed by atoms with Crippen LogP contribution < -0.4 is 9.47 Å². The maximum absolute atomic E-state index is 12.5. The smallest absolute Gasteiger partial charge is 0.244 e. The summed E-state index contributed by atoms with van der Waals surface area (Å²) in [5.74, 6) is 1.13. The molecule has 1 aromatic heterocycles. The highest BCUT2D eigenvalue weighted by atomic mass is 35.5. The number of aromatic nitrogens is 2. The van der Waals surface area contributed by atoms with E-state index in [0.717, 1.165) is 0 Å². The molecule has 2 heterocycles. The fraction of sp³-hybridized carbons (Fsp3) is 0.385. The quantitative estimate of drug-likeness (QED) is 0.841. The molecule has 7 nitrogen and oxygen atoms in total. The molecule has 0 radical (unpaired) electrons. The van der Waals surface area contributed by atoms with Gasteiger partial charge >= 0.3 is 0 Å². The van der Waals surface area contributed by atoms with E-state index in [4.69, 9.17) is 25.6 Å². The van der Waals surface area contributed by atoms with Gasteiger partial charge < -0.3 is 14.0 Å². The van der Waals surface area contributed by atoms with Gasteiger partial charge in [0.2, 0.25) is 12.7 Å². The summed E-state index contributed by atoms with van der Waals surface area (Å²) >= 11 is 6.06. The van der Waals surface area contributed by atoms with Crippen molar-refractivity contribution in [1.29, 1.82) is 0 Å². The fourth-order valence-corrected chi connectivity index (χ4v) is 3.67. The second-order valence-electron chi connectivity index (χ2n) is 4.94. The second-order valence-corrected chi connectivity index (χ2v) is 7.67. The summed E-state index contributed by atoms with van der Waals surface area (Å²) in [6.07, 6.45) is 0. The number of fused-ring (bicyclic) bond motifs is 1. The topological polar surface area (TPSA) is 91.5 Å². The monoisotopic (exact) mass is 344 g/mol. The Bertz CT molecular complexity index is 818. The molecule has 3 rings (SSSR count). The van der Waals surface area contributed by atoms with E-state index in [-0.39, 0.29) is 18.4 Å². The van der Waals surface area contributed by atoms with Gasteiger partial charge in [0.15, 0.2) is 27.2 Å². The third-order valence-electron chi connectivity index (χ3n) is 3.28. The number of nitrogens with zero attached hydrogens (tertiary/aromatic N) is 2. The first-order valence-corrected chi connectivity index (χ1v) is 8.56. The van der Waals surface area contributed by atoms with Gasteiger partial charge in [-0.25, -0.2) is 8.42 Å². The Morgan fingerprint density at radius 3 is 2.82 bits per heavy atom. The van der Waals surface area contributed by atoms with Crippen molar-refractivity contribution in [2.75, 3.05) is 6.79 Å². The Hall–Kier alpha value is -1.80. The van der Waals surface area contributed by atoms with Crippen molar-refractivity contribution in [2.24, 2.45) is 0 Å². The lowest BCUT2D eigenvalue weighted by molar-refractivity contribution is 0.174. The number of ether oxygens (including phenoxy) is 2. The molecule has 0 saturated carbocycles. The zero-order valence-electron chi connectivity index (χ0n) is 11.9. The average Bonchev–Trinajstić information content (AvgIpc) is 3.06. The van der Waals surface area contributed by atoms with Crippen LogP contribution in [0.15, 0.2) is 16.7 Å². The van der Waals surface area contributed by atoms with Crippen LogP contribution in [0, 0.1) is 6.92 Å². The molecule has 0 aliphatic carbocycles. The van der Waals surface area contributed by atoms with Crippen LogP contribution in [0.1, 0.15) is 29.5 Å². The molecular weight excluding hydrogens is 332 g/mol. The standard InChI is InChI=1S/C13H13ClN2O5S/c1-7(13-15-8(2)16-21-13)22(17,18)5-9-3-10(14)12-11(4-9)19-6-20-12/h3-4,7H,5-6H2,1-2H3/t7-/m1/s1. The maximum atomic E-state index is 12.5. The van der Waals surface area contributed by atoms with Gasteiger partial charge in [-0.05, 0) is 31.5 Å². The minimum Gasteiger partial charge on any atom is -0.454 e. The first-order chi connectivity index (χ1) is 10.4. The molecule has 22 heavy (non-hydrogen) atoms. The van der Waals surface area contributed by atoms with Crippen LogP contribution in [0.2, 0.25) is 5.02 Å². The fourth-order valence-electron chi connectivity index (χ4n) is 2.09. The zero-order chi connectivity index (χ0) is 15.9. The van der Waals surface area contributed by atoms with E-state index in [1.165, 1.54) is 6.92 Å². The third kappa shape index (κ3) is 2.76. The summed E-state index contributed by atoms with van der Waals surface area (Å²) < 4.78 is 40.3.